The van der Waals surface area contributed by atoms with Crippen LogP contribution in [-0.4, -0.2) is 18.5 Å². The number of rotatable bonds is 5. The third kappa shape index (κ3) is 5.63. The predicted octanol–water partition coefficient (Wildman–Crippen LogP) is 3.74. The molecule has 25 heavy (non-hydrogen) atoms. The molecule has 0 aromatic heterocycles. The highest BCUT2D eigenvalue weighted by Crippen LogP contribution is 2.30. The summed E-state index contributed by atoms with van der Waals surface area (Å²) in [6.07, 6.45) is -4.48. The number of nitrogens with one attached hydrogen (secondary N) is 1. The number of carbonyl (C=O) groups excluding carboxylic acids is 2. The number of carbonyl (C=O) groups is 2. The molecule has 1 amide bonds. The number of ether oxygens (including phenoxy) is 1. The fourth-order valence-electron chi connectivity index (χ4n) is 2.13. The second kappa shape index (κ2) is 7.83. The van der Waals surface area contributed by atoms with Crippen molar-refractivity contribution in [2.45, 2.75) is 19.5 Å². The van der Waals surface area contributed by atoms with Crippen LogP contribution >= 0.6 is 0 Å². The summed E-state index contributed by atoms with van der Waals surface area (Å²) in [4.78, 5) is 23.5. The van der Waals surface area contributed by atoms with Gasteiger partial charge in [-0.1, -0.05) is 30.3 Å². The summed E-state index contributed by atoms with van der Waals surface area (Å²) >= 11 is 0. The van der Waals surface area contributed by atoms with Crippen molar-refractivity contribution in [2.75, 3.05) is 11.9 Å². The van der Waals surface area contributed by atoms with E-state index in [1.54, 1.807) is 12.1 Å². The monoisotopic (exact) mass is 351 g/mol. The van der Waals surface area contributed by atoms with Gasteiger partial charge in [0.15, 0.2) is 6.61 Å². The van der Waals surface area contributed by atoms with E-state index in [1.165, 1.54) is 12.1 Å². The Kier molecular flexibility index (Phi) is 5.80. The molecule has 4 nitrogen and oxygen atoms in total. The molecular weight excluding hydrogens is 335 g/mol. The maximum absolute atomic E-state index is 12.6. The number of alkyl halides is 3. The summed E-state index contributed by atoms with van der Waals surface area (Å²) in [5.74, 6) is -1.30. The minimum atomic E-state index is -4.50. The fraction of sp³-hybridized carbons (Fsp3) is 0.222. The molecule has 0 atom stereocenters. The molecule has 0 saturated carbocycles. The number of hydrogen-bond acceptors (Lipinski definition) is 3. The number of esters is 1. The van der Waals surface area contributed by atoms with E-state index in [-0.39, 0.29) is 12.1 Å². The molecule has 0 aliphatic heterocycles. The smallest absolute Gasteiger partial charge is 0.416 e. The van der Waals surface area contributed by atoms with Crippen molar-refractivity contribution >= 4 is 17.6 Å². The molecule has 2 rings (SSSR count). The van der Waals surface area contributed by atoms with Crippen molar-refractivity contribution in [3.8, 4) is 0 Å². The molecule has 1 N–H and O–H groups in total. The summed E-state index contributed by atoms with van der Waals surface area (Å²) in [5.41, 5.74) is 0.815. The molecule has 0 heterocycles. The molecule has 132 valence electrons. The van der Waals surface area contributed by atoms with Crippen molar-refractivity contribution < 1.29 is 27.5 Å². The standard InChI is InChI=1S/C18H16F3NO3/c1-12-5-2-3-6-13(12)9-17(24)25-11-16(23)22-15-8-4-7-14(10-15)18(19,20)21/h2-8,10H,9,11H2,1H3,(H,22,23). The van der Waals surface area contributed by atoms with Crippen LogP contribution in [0.4, 0.5) is 18.9 Å². The molecule has 0 saturated heterocycles. The van der Waals surface area contributed by atoms with Gasteiger partial charge in [0.25, 0.3) is 5.91 Å². The first-order valence-corrected chi connectivity index (χ1v) is 7.43. The molecule has 2 aromatic rings. The summed E-state index contributed by atoms with van der Waals surface area (Å²) in [6, 6.07) is 11.5. The zero-order valence-electron chi connectivity index (χ0n) is 13.4. The quantitative estimate of drug-likeness (QED) is 0.835. The Bertz CT molecular complexity index is 772. The molecule has 0 aliphatic rings. The van der Waals surface area contributed by atoms with Crippen LogP contribution in [0.25, 0.3) is 0 Å². The summed E-state index contributed by atoms with van der Waals surface area (Å²) < 4.78 is 42.7. The van der Waals surface area contributed by atoms with E-state index in [0.29, 0.717) is 0 Å². The van der Waals surface area contributed by atoms with E-state index in [1.807, 2.05) is 19.1 Å². The van der Waals surface area contributed by atoms with Crippen LogP contribution in [0.15, 0.2) is 48.5 Å². The lowest BCUT2D eigenvalue weighted by Gasteiger charge is -2.10. The molecule has 0 bridgehead atoms. The van der Waals surface area contributed by atoms with E-state index >= 15 is 0 Å². The Hall–Kier alpha value is -2.83. The highest BCUT2D eigenvalue weighted by atomic mass is 19.4. The zero-order chi connectivity index (χ0) is 18.4. The van der Waals surface area contributed by atoms with Gasteiger partial charge in [0, 0.05) is 5.69 Å². The van der Waals surface area contributed by atoms with Crippen LogP contribution in [0, 0.1) is 6.92 Å². The second-order valence-corrected chi connectivity index (χ2v) is 5.39. The Balaban J connectivity index is 1.87. The molecule has 0 radical (unpaired) electrons. The average Bonchev–Trinajstić information content (AvgIpc) is 2.55. The van der Waals surface area contributed by atoms with Crippen LogP contribution < -0.4 is 5.32 Å². The minimum Gasteiger partial charge on any atom is -0.455 e. The third-order valence-corrected chi connectivity index (χ3v) is 3.43. The molecule has 2 aromatic carbocycles. The lowest BCUT2D eigenvalue weighted by molar-refractivity contribution is -0.146. The number of amides is 1. The Morgan fingerprint density at radius 2 is 1.80 bits per heavy atom. The molecule has 0 fully saturated rings. The molecule has 7 heteroatoms. The van der Waals surface area contributed by atoms with Crippen LogP contribution in [0.5, 0.6) is 0 Å². The van der Waals surface area contributed by atoms with Crippen molar-refractivity contribution in [3.05, 3.63) is 65.2 Å². The van der Waals surface area contributed by atoms with Gasteiger partial charge in [0.2, 0.25) is 0 Å². The van der Waals surface area contributed by atoms with E-state index in [9.17, 15) is 22.8 Å². The summed E-state index contributed by atoms with van der Waals surface area (Å²) in [7, 11) is 0. The lowest BCUT2D eigenvalue weighted by Crippen LogP contribution is -2.22. The Labute approximate surface area is 142 Å². The van der Waals surface area contributed by atoms with Gasteiger partial charge in [-0.15, -0.1) is 0 Å². The highest BCUT2D eigenvalue weighted by Gasteiger charge is 2.30. The summed E-state index contributed by atoms with van der Waals surface area (Å²) in [5, 5.41) is 2.27. The molecular formula is C18H16F3NO3. The first-order chi connectivity index (χ1) is 11.8. The first-order valence-electron chi connectivity index (χ1n) is 7.43. The van der Waals surface area contributed by atoms with Gasteiger partial charge in [-0.3, -0.25) is 9.59 Å². The van der Waals surface area contributed by atoms with Gasteiger partial charge in [0.1, 0.15) is 0 Å². The van der Waals surface area contributed by atoms with Crippen molar-refractivity contribution in [2.24, 2.45) is 0 Å². The number of aryl methyl sites for hydroxylation is 1. The van der Waals surface area contributed by atoms with Crippen molar-refractivity contribution in [3.63, 3.8) is 0 Å². The number of hydrogen-bond donors (Lipinski definition) is 1. The van der Waals surface area contributed by atoms with Gasteiger partial charge in [-0.2, -0.15) is 13.2 Å². The summed E-state index contributed by atoms with van der Waals surface area (Å²) in [6.45, 7) is 1.28. The Morgan fingerprint density at radius 1 is 1.08 bits per heavy atom. The van der Waals surface area contributed by atoms with E-state index in [0.717, 1.165) is 23.3 Å². The largest absolute Gasteiger partial charge is 0.455 e. The van der Waals surface area contributed by atoms with E-state index in [2.05, 4.69) is 5.32 Å². The van der Waals surface area contributed by atoms with Crippen LogP contribution in [0.1, 0.15) is 16.7 Å². The number of anilines is 1. The van der Waals surface area contributed by atoms with Crippen molar-refractivity contribution in [1.29, 1.82) is 0 Å². The van der Waals surface area contributed by atoms with E-state index in [4.69, 9.17) is 4.74 Å². The maximum atomic E-state index is 12.6. The molecule has 0 spiro atoms. The SMILES string of the molecule is Cc1ccccc1CC(=O)OCC(=O)Nc1cccc(C(F)(F)F)c1. The van der Waals surface area contributed by atoms with Gasteiger partial charge < -0.3 is 10.1 Å². The van der Waals surface area contributed by atoms with Crippen LogP contribution in [-0.2, 0) is 26.9 Å². The van der Waals surface area contributed by atoms with Gasteiger partial charge >= 0.3 is 12.1 Å². The van der Waals surface area contributed by atoms with E-state index < -0.39 is 30.2 Å². The second-order valence-electron chi connectivity index (χ2n) is 5.39. The van der Waals surface area contributed by atoms with Crippen LogP contribution in [0.2, 0.25) is 0 Å². The fourth-order valence-corrected chi connectivity index (χ4v) is 2.13. The third-order valence-electron chi connectivity index (χ3n) is 3.43. The van der Waals surface area contributed by atoms with Gasteiger partial charge in [-0.05, 0) is 36.2 Å². The first kappa shape index (κ1) is 18.5. The molecule has 0 unspecified atom stereocenters. The Morgan fingerprint density at radius 3 is 2.48 bits per heavy atom. The zero-order valence-corrected chi connectivity index (χ0v) is 13.4. The van der Waals surface area contributed by atoms with Crippen molar-refractivity contribution in [1.82, 2.24) is 0 Å². The predicted molar refractivity (Wildman–Crippen MR) is 85.9 cm³/mol. The highest BCUT2D eigenvalue weighted by molar-refractivity contribution is 5.93. The van der Waals surface area contributed by atoms with Crippen LogP contribution in [0.3, 0.4) is 0 Å². The van der Waals surface area contributed by atoms with Gasteiger partial charge in [-0.25, -0.2) is 0 Å². The molecule has 0 aliphatic carbocycles. The van der Waals surface area contributed by atoms with Gasteiger partial charge in [0.05, 0.1) is 12.0 Å². The number of benzene rings is 2. The normalized spacial score (nSPS) is 11.0. The minimum absolute atomic E-state index is 0.0174. The topological polar surface area (TPSA) is 55.4 Å². The maximum Gasteiger partial charge on any atom is 0.416 e. The number of halogens is 3. The average molecular weight is 351 g/mol. The lowest BCUT2D eigenvalue weighted by atomic mass is 10.1.